The molecule has 1 aromatic heterocycles. The van der Waals surface area contributed by atoms with E-state index in [-0.39, 0.29) is 0 Å². The van der Waals surface area contributed by atoms with Crippen LogP contribution in [0.5, 0.6) is 0 Å². The zero-order valence-electron chi connectivity index (χ0n) is 10.4. The minimum absolute atomic E-state index is 0.408. The van der Waals surface area contributed by atoms with Crippen LogP contribution in [0.4, 0.5) is 5.69 Å². The van der Waals surface area contributed by atoms with Crippen molar-refractivity contribution in [1.82, 2.24) is 9.97 Å². The molecule has 0 spiro atoms. The zero-order chi connectivity index (χ0) is 13.1. The van der Waals surface area contributed by atoms with Crippen LogP contribution in [0.2, 0.25) is 0 Å². The van der Waals surface area contributed by atoms with Crippen molar-refractivity contribution in [2.45, 2.75) is 20.4 Å². The second kappa shape index (κ2) is 4.91. The minimum Gasteiger partial charge on any atom is -0.379 e. The molecule has 94 valence electrons. The number of primary amides is 1. The van der Waals surface area contributed by atoms with Crippen molar-refractivity contribution in [1.29, 1.82) is 0 Å². The van der Waals surface area contributed by atoms with Gasteiger partial charge in [0.25, 0.3) is 0 Å². The summed E-state index contributed by atoms with van der Waals surface area (Å²) in [7, 11) is 0. The van der Waals surface area contributed by atoms with Crippen molar-refractivity contribution in [3.63, 3.8) is 0 Å². The number of hydrogen-bond donors (Lipinski definition) is 3. The molecule has 2 rings (SSSR count). The lowest BCUT2D eigenvalue weighted by Gasteiger charge is -2.09. The van der Waals surface area contributed by atoms with E-state index in [2.05, 4.69) is 15.3 Å². The lowest BCUT2D eigenvalue weighted by molar-refractivity contribution is 0.1000. The van der Waals surface area contributed by atoms with Gasteiger partial charge in [0.2, 0.25) is 5.91 Å². The van der Waals surface area contributed by atoms with Gasteiger partial charge >= 0.3 is 0 Å². The van der Waals surface area contributed by atoms with E-state index in [1.807, 2.05) is 19.9 Å². The highest BCUT2D eigenvalue weighted by atomic mass is 16.1. The number of aromatic amines is 1. The first-order valence-corrected chi connectivity index (χ1v) is 5.71. The number of carbonyl (C=O) groups is 1. The molecule has 0 bridgehead atoms. The van der Waals surface area contributed by atoms with Crippen LogP contribution in [-0.2, 0) is 6.54 Å². The summed E-state index contributed by atoms with van der Waals surface area (Å²) in [6, 6.07) is 5.36. The van der Waals surface area contributed by atoms with E-state index in [0.29, 0.717) is 12.1 Å². The maximum atomic E-state index is 11.0. The molecule has 0 unspecified atom stereocenters. The van der Waals surface area contributed by atoms with Crippen LogP contribution in [0.15, 0.2) is 24.4 Å². The summed E-state index contributed by atoms with van der Waals surface area (Å²) >= 11 is 0. The molecule has 0 aliphatic rings. The van der Waals surface area contributed by atoms with Gasteiger partial charge in [-0.3, -0.25) is 4.79 Å². The van der Waals surface area contributed by atoms with Crippen LogP contribution in [0.3, 0.4) is 0 Å². The highest BCUT2D eigenvalue weighted by molar-refractivity contribution is 5.93. The quantitative estimate of drug-likeness (QED) is 0.766. The third kappa shape index (κ3) is 2.68. The first-order valence-electron chi connectivity index (χ1n) is 5.71. The molecule has 0 radical (unpaired) electrons. The number of amides is 1. The summed E-state index contributed by atoms with van der Waals surface area (Å²) in [5.74, 6) is 0.487. The van der Waals surface area contributed by atoms with Gasteiger partial charge in [0.1, 0.15) is 5.82 Å². The Morgan fingerprint density at radius 3 is 2.78 bits per heavy atom. The van der Waals surface area contributed by atoms with Crippen molar-refractivity contribution in [2.24, 2.45) is 5.73 Å². The molecular formula is C13H16N4O. The lowest BCUT2D eigenvalue weighted by Crippen LogP contribution is -2.11. The number of hydrogen-bond acceptors (Lipinski definition) is 3. The van der Waals surface area contributed by atoms with E-state index in [1.165, 1.54) is 0 Å². The fraction of sp³-hybridized carbons (Fsp3) is 0.231. The second-order valence-corrected chi connectivity index (χ2v) is 4.24. The van der Waals surface area contributed by atoms with Crippen LogP contribution < -0.4 is 11.1 Å². The Bertz CT molecular complexity index is 574. The predicted molar refractivity (Wildman–Crippen MR) is 70.3 cm³/mol. The highest BCUT2D eigenvalue weighted by Gasteiger charge is 2.04. The fourth-order valence-corrected chi connectivity index (χ4v) is 1.77. The van der Waals surface area contributed by atoms with Crippen molar-refractivity contribution < 1.29 is 4.79 Å². The Labute approximate surface area is 105 Å². The van der Waals surface area contributed by atoms with Crippen LogP contribution in [0.1, 0.15) is 27.4 Å². The van der Waals surface area contributed by atoms with E-state index < -0.39 is 5.91 Å². The average Bonchev–Trinajstić information content (AvgIpc) is 2.73. The number of anilines is 1. The number of nitrogens with zero attached hydrogens (tertiary/aromatic N) is 1. The normalized spacial score (nSPS) is 10.3. The van der Waals surface area contributed by atoms with Crippen LogP contribution in [0.25, 0.3) is 0 Å². The molecule has 0 saturated heterocycles. The third-order valence-corrected chi connectivity index (χ3v) is 2.74. The Morgan fingerprint density at radius 2 is 2.22 bits per heavy atom. The number of aryl methyl sites for hydroxylation is 2. The number of benzene rings is 1. The van der Waals surface area contributed by atoms with E-state index >= 15 is 0 Å². The number of H-pyrrole nitrogens is 1. The number of nitrogens with one attached hydrogen (secondary N) is 2. The van der Waals surface area contributed by atoms with Gasteiger partial charge in [-0.05, 0) is 37.6 Å². The molecule has 2 aromatic rings. The van der Waals surface area contributed by atoms with Crippen LogP contribution in [-0.4, -0.2) is 15.9 Å². The number of imidazole rings is 1. The van der Waals surface area contributed by atoms with Gasteiger partial charge in [0, 0.05) is 11.3 Å². The molecule has 1 aromatic carbocycles. The van der Waals surface area contributed by atoms with E-state index in [9.17, 15) is 4.79 Å². The summed E-state index contributed by atoms with van der Waals surface area (Å²) in [4.78, 5) is 18.3. The minimum atomic E-state index is -0.408. The van der Waals surface area contributed by atoms with Gasteiger partial charge in [-0.1, -0.05) is 0 Å². The first kappa shape index (κ1) is 12.2. The number of aromatic nitrogens is 2. The third-order valence-electron chi connectivity index (χ3n) is 2.74. The molecule has 5 heteroatoms. The summed E-state index contributed by atoms with van der Waals surface area (Å²) in [6.45, 7) is 4.51. The number of carbonyl (C=O) groups excluding carboxylic acids is 1. The Morgan fingerprint density at radius 1 is 1.44 bits per heavy atom. The van der Waals surface area contributed by atoms with Crippen molar-refractivity contribution in [2.75, 3.05) is 5.32 Å². The summed E-state index contributed by atoms with van der Waals surface area (Å²) in [6.07, 6.45) is 1.80. The van der Waals surface area contributed by atoms with Gasteiger partial charge < -0.3 is 16.0 Å². The van der Waals surface area contributed by atoms with Crippen molar-refractivity contribution >= 4 is 11.6 Å². The summed E-state index contributed by atoms with van der Waals surface area (Å²) in [5, 5.41) is 3.29. The van der Waals surface area contributed by atoms with E-state index in [4.69, 9.17) is 5.73 Å². The second-order valence-electron chi connectivity index (χ2n) is 4.24. The molecule has 5 nitrogen and oxygen atoms in total. The molecule has 0 aliphatic carbocycles. The standard InChI is InChI=1S/C13H16N4O/c1-8-5-10(13(14)18)3-4-12(8)16-7-11-6-15-9(2)17-11/h3-6,16H,7H2,1-2H3,(H2,14,18)(H,15,17). The number of rotatable bonds is 4. The molecule has 0 fully saturated rings. The molecular weight excluding hydrogens is 228 g/mol. The van der Waals surface area contributed by atoms with Gasteiger partial charge in [0.15, 0.2) is 0 Å². The summed E-state index contributed by atoms with van der Waals surface area (Å²) < 4.78 is 0. The van der Waals surface area contributed by atoms with Gasteiger partial charge in [-0.15, -0.1) is 0 Å². The summed E-state index contributed by atoms with van der Waals surface area (Å²) in [5.41, 5.74) is 8.74. The fourth-order valence-electron chi connectivity index (χ4n) is 1.77. The molecule has 0 aliphatic heterocycles. The highest BCUT2D eigenvalue weighted by Crippen LogP contribution is 2.17. The molecule has 18 heavy (non-hydrogen) atoms. The molecule has 1 amide bonds. The van der Waals surface area contributed by atoms with Crippen molar-refractivity contribution in [3.05, 3.63) is 47.0 Å². The van der Waals surface area contributed by atoms with Crippen molar-refractivity contribution in [3.8, 4) is 0 Å². The monoisotopic (exact) mass is 244 g/mol. The smallest absolute Gasteiger partial charge is 0.248 e. The predicted octanol–water partition coefficient (Wildman–Crippen LogP) is 1.74. The van der Waals surface area contributed by atoms with Gasteiger partial charge in [0.05, 0.1) is 18.4 Å². The van der Waals surface area contributed by atoms with Gasteiger partial charge in [-0.2, -0.15) is 0 Å². The Balaban J connectivity index is 2.08. The first-order chi connectivity index (χ1) is 8.56. The van der Waals surface area contributed by atoms with Crippen LogP contribution in [0, 0.1) is 13.8 Å². The average molecular weight is 244 g/mol. The molecule has 1 heterocycles. The molecule has 4 N–H and O–H groups in total. The maximum Gasteiger partial charge on any atom is 0.248 e. The van der Waals surface area contributed by atoms with Gasteiger partial charge in [-0.25, -0.2) is 4.98 Å². The van der Waals surface area contributed by atoms with E-state index in [0.717, 1.165) is 22.8 Å². The number of nitrogens with two attached hydrogens (primary N) is 1. The lowest BCUT2D eigenvalue weighted by atomic mass is 10.1. The maximum absolute atomic E-state index is 11.0. The van der Waals surface area contributed by atoms with E-state index in [1.54, 1.807) is 18.3 Å². The Kier molecular flexibility index (Phi) is 3.32. The Hall–Kier alpha value is -2.30. The SMILES string of the molecule is Cc1ncc(CNc2ccc(C(N)=O)cc2C)[nH]1. The van der Waals surface area contributed by atoms with Crippen LogP contribution >= 0.6 is 0 Å². The topological polar surface area (TPSA) is 83.8 Å². The molecule has 0 atom stereocenters. The zero-order valence-corrected chi connectivity index (χ0v) is 10.4. The molecule has 0 saturated carbocycles. The largest absolute Gasteiger partial charge is 0.379 e.